The number of H-pyrrole nitrogens is 1. The Morgan fingerprint density at radius 2 is 1.82 bits per heavy atom. The zero-order chi connectivity index (χ0) is 23.8. The Bertz CT molecular complexity index is 1620. The summed E-state index contributed by atoms with van der Waals surface area (Å²) in [6.45, 7) is 0.279. The van der Waals surface area contributed by atoms with Crippen LogP contribution >= 0.6 is 11.6 Å². The number of benzene rings is 2. The summed E-state index contributed by atoms with van der Waals surface area (Å²) in [4.78, 5) is 33.2. The maximum atomic E-state index is 13.7. The normalized spacial score (nSPS) is 11.1. The number of nitrogens with zero attached hydrogens (tertiary/aromatic N) is 4. The Morgan fingerprint density at radius 3 is 2.56 bits per heavy atom. The topological polar surface area (TPSA) is 75.9 Å². The second-order valence-corrected chi connectivity index (χ2v) is 8.62. The Labute approximate surface area is 200 Å². The predicted molar refractivity (Wildman–Crippen MR) is 136 cm³/mol. The molecule has 0 spiro atoms. The number of fused-ring (bicyclic) bond motifs is 1. The molecule has 170 valence electrons. The minimum Gasteiger partial charge on any atom is -0.378 e. The maximum Gasteiger partial charge on any atom is 0.281 e. The van der Waals surface area contributed by atoms with Crippen LogP contribution in [0.2, 0.25) is 5.02 Å². The van der Waals surface area contributed by atoms with Gasteiger partial charge in [-0.2, -0.15) is 0 Å². The van der Waals surface area contributed by atoms with E-state index < -0.39 is 0 Å². The van der Waals surface area contributed by atoms with E-state index in [0.717, 1.165) is 16.8 Å². The molecule has 0 bridgehead atoms. The van der Waals surface area contributed by atoms with Crippen molar-refractivity contribution in [2.24, 2.45) is 0 Å². The highest BCUT2D eigenvalue weighted by Crippen LogP contribution is 2.29. The first kappa shape index (κ1) is 21.7. The molecule has 3 heterocycles. The minimum absolute atomic E-state index is 0.228. The number of aromatic amines is 1. The van der Waals surface area contributed by atoms with Gasteiger partial charge in [0.25, 0.3) is 11.1 Å². The number of nitrogens with one attached hydrogen (secondary N) is 1. The van der Waals surface area contributed by atoms with Crippen molar-refractivity contribution in [2.75, 3.05) is 19.0 Å². The summed E-state index contributed by atoms with van der Waals surface area (Å²) < 4.78 is 3.01. The van der Waals surface area contributed by atoms with E-state index in [1.165, 1.54) is 10.7 Å². The van der Waals surface area contributed by atoms with Crippen molar-refractivity contribution in [1.29, 1.82) is 0 Å². The molecular formula is C26H22ClN5O2. The third-order valence-electron chi connectivity index (χ3n) is 5.75. The van der Waals surface area contributed by atoms with Crippen molar-refractivity contribution in [2.45, 2.75) is 6.54 Å². The van der Waals surface area contributed by atoms with Crippen LogP contribution in [0.1, 0.15) is 5.56 Å². The summed E-state index contributed by atoms with van der Waals surface area (Å²) in [7, 11) is 3.90. The molecule has 0 amide bonds. The van der Waals surface area contributed by atoms with Crippen molar-refractivity contribution < 1.29 is 0 Å². The first-order valence-electron chi connectivity index (χ1n) is 10.7. The zero-order valence-corrected chi connectivity index (χ0v) is 19.5. The molecule has 0 atom stereocenters. The quantitative estimate of drug-likeness (QED) is 0.414. The molecule has 5 aromatic rings. The highest BCUT2D eigenvalue weighted by atomic mass is 35.5. The SMILES string of the molecule is CN(C)c1cccc(-c2c3c(=O)n(-c4ccccc4Cl)[nH]c3cc(=O)n2Cc2cccnc2)c1. The van der Waals surface area contributed by atoms with E-state index in [1.807, 2.05) is 61.5 Å². The molecule has 7 nitrogen and oxygen atoms in total. The number of halogens is 1. The van der Waals surface area contributed by atoms with Crippen LogP contribution in [-0.4, -0.2) is 33.4 Å². The van der Waals surface area contributed by atoms with Crippen molar-refractivity contribution in [3.8, 4) is 16.9 Å². The van der Waals surface area contributed by atoms with Gasteiger partial charge in [0, 0.05) is 43.8 Å². The van der Waals surface area contributed by atoms with Crippen LogP contribution in [0.4, 0.5) is 5.69 Å². The Balaban J connectivity index is 1.85. The van der Waals surface area contributed by atoms with Crippen LogP contribution in [0.15, 0.2) is 88.7 Å². The van der Waals surface area contributed by atoms with Gasteiger partial charge in [-0.15, -0.1) is 0 Å². The molecular weight excluding hydrogens is 450 g/mol. The van der Waals surface area contributed by atoms with Gasteiger partial charge in [-0.3, -0.25) is 19.7 Å². The molecule has 0 radical (unpaired) electrons. The summed E-state index contributed by atoms with van der Waals surface area (Å²) in [5.41, 5.74) is 3.57. The van der Waals surface area contributed by atoms with Crippen LogP contribution in [0, 0.1) is 0 Å². The van der Waals surface area contributed by atoms with Crippen LogP contribution in [0.5, 0.6) is 0 Å². The predicted octanol–water partition coefficient (Wildman–Crippen LogP) is 4.31. The van der Waals surface area contributed by atoms with Gasteiger partial charge in [0.1, 0.15) is 0 Å². The lowest BCUT2D eigenvalue weighted by atomic mass is 10.1. The Morgan fingerprint density at radius 1 is 1.00 bits per heavy atom. The molecule has 2 aromatic carbocycles. The molecule has 0 fully saturated rings. The lowest BCUT2D eigenvalue weighted by Gasteiger charge is -2.17. The van der Waals surface area contributed by atoms with Crippen molar-refractivity contribution >= 4 is 28.2 Å². The third-order valence-corrected chi connectivity index (χ3v) is 6.07. The Hall–Kier alpha value is -4.10. The number of anilines is 1. The van der Waals surface area contributed by atoms with E-state index in [4.69, 9.17) is 11.6 Å². The number of para-hydroxylation sites is 1. The lowest BCUT2D eigenvalue weighted by molar-refractivity contribution is 0.771. The number of aromatic nitrogens is 4. The molecule has 0 aliphatic carbocycles. The molecule has 0 saturated heterocycles. The van der Waals surface area contributed by atoms with Gasteiger partial charge in [0.05, 0.1) is 33.9 Å². The largest absolute Gasteiger partial charge is 0.378 e. The molecule has 5 rings (SSSR count). The highest BCUT2D eigenvalue weighted by molar-refractivity contribution is 6.32. The van der Waals surface area contributed by atoms with E-state index >= 15 is 0 Å². The Kier molecular flexibility index (Phi) is 5.55. The van der Waals surface area contributed by atoms with Gasteiger partial charge >= 0.3 is 0 Å². The summed E-state index contributed by atoms with van der Waals surface area (Å²) in [5, 5.41) is 3.93. The van der Waals surface area contributed by atoms with E-state index in [9.17, 15) is 9.59 Å². The molecule has 1 N–H and O–H groups in total. The standard InChI is InChI=1S/C26H22ClN5O2/c1-30(2)19-9-5-8-18(13-19)25-24-21(14-23(33)31(25)16-17-7-6-12-28-15-17)29-32(26(24)34)22-11-4-3-10-20(22)27/h3-15,29H,16H2,1-2H3. The fourth-order valence-corrected chi connectivity index (χ4v) is 4.32. The summed E-state index contributed by atoms with van der Waals surface area (Å²) in [6, 6.07) is 20.1. The van der Waals surface area contributed by atoms with E-state index in [0.29, 0.717) is 27.3 Å². The molecule has 3 aromatic heterocycles. The van der Waals surface area contributed by atoms with Crippen molar-refractivity contribution in [3.05, 3.63) is 110 Å². The van der Waals surface area contributed by atoms with Crippen LogP contribution in [0.3, 0.4) is 0 Å². The summed E-state index contributed by atoms with van der Waals surface area (Å²) in [6.07, 6.45) is 3.40. The van der Waals surface area contributed by atoms with Crippen molar-refractivity contribution in [3.63, 3.8) is 0 Å². The van der Waals surface area contributed by atoms with Gasteiger partial charge in [0.15, 0.2) is 0 Å². The number of hydrogen-bond donors (Lipinski definition) is 1. The average molecular weight is 472 g/mol. The van der Waals surface area contributed by atoms with E-state index in [2.05, 4.69) is 10.1 Å². The van der Waals surface area contributed by atoms with Crippen LogP contribution in [0.25, 0.3) is 27.8 Å². The molecule has 8 heteroatoms. The third kappa shape index (κ3) is 3.80. The molecule has 0 saturated carbocycles. The van der Waals surface area contributed by atoms with Crippen molar-refractivity contribution in [1.82, 2.24) is 19.3 Å². The first-order chi connectivity index (χ1) is 16.4. The monoisotopic (exact) mass is 471 g/mol. The second kappa shape index (κ2) is 8.68. The van der Waals surface area contributed by atoms with Crippen LogP contribution < -0.4 is 16.0 Å². The fraction of sp³-hybridized carbons (Fsp3) is 0.115. The summed E-state index contributed by atoms with van der Waals surface area (Å²) >= 11 is 6.38. The first-order valence-corrected chi connectivity index (χ1v) is 11.1. The number of rotatable bonds is 5. The molecule has 0 unspecified atom stereocenters. The lowest BCUT2D eigenvalue weighted by Crippen LogP contribution is -2.23. The minimum atomic E-state index is -0.284. The van der Waals surface area contributed by atoms with Gasteiger partial charge in [-0.25, -0.2) is 4.68 Å². The van der Waals surface area contributed by atoms with E-state index in [1.54, 1.807) is 35.2 Å². The molecule has 34 heavy (non-hydrogen) atoms. The number of hydrogen-bond acceptors (Lipinski definition) is 4. The zero-order valence-electron chi connectivity index (χ0n) is 18.7. The second-order valence-electron chi connectivity index (χ2n) is 8.22. The fourth-order valence-electron chi connectivity index (χ4n) is 4.10. The van der Waals surface area contributed by atoms with Crippen LogP contribution in [-0.2, 0) is 6.54 Å². The van der Waals surface area contributed by atoms with Gasteiger partial charge < -0.3 is 9.47 Å². The molecule has 0 aliphatic heterocycles. The highest BCUT2D eigenvalue weighted by Gasteiger charge is 2.20. The van der Waals surface area contributed by atoms with Gasteiger partial charge in [-0.05, 0) is 35.9 Å². The number of pyridine rings is 2. The van der Waals surface area contributed by atoms with Gasteiger partial charge in [-0.1, -0.05) is 41.9 Å². The average Bonchev–Trinajstić information content (AvgIpc) is 3.16. The summed E-state index contributed by atoms with van der Waals surface area (Å²) in [5.74, 6) is 0. The smallest absolute Gasteiger partial charge is 0.281 e. The molecule has 0 aliphatic rings. The van der Waals surface area contributed by atoms with E-state index in [-0.39, 0.29) is 17.7 Å². The van der Waals surface area contributed by atoms with Gasteiger partial charge in [0.2, 0.25) is 0 Å². The maximum absolute atomic E-state index is 13.7.